The van der Waals surface area contributed by atoms with Gasteiger partial charge in [0.1, 0.15) is 5.75 Å². The molecule has 0 unspecified atom stereocenters. The van der Waals surface area contributed by atoms with Crippen LogP contribution < -0.4 is 10.1 Å². The molecular formula is C17H22N2O. The van der Waals surface area contributed by atoms with E-state index in [0.29, 0.717) is 0 Å². The number of H-pyrrole nitrogens is 1. The molecule has 2 heterocycles. The molecule has 0 bridgehead atoms. The largest absolute Gasteiger partial charge is 0.493 e. The summed E-state index contributed by atoms with van der Waals surface area (Å²) in [6.45, 7) is 4.12. The molecule has 0 atom stereocenters. The lowest BCUT2D eigenvalue weighted by Crippen LogP contribution is -2.19. The van der Waals surface area contributed by atoms with Crippen LogP contribution in [0.25, 0.3) is 10.9 Å². The number of aromatic nitrogens is 1. The molecule has 106 valence electrons. The van der Waals surface area contributed by atoms with Gasteiger partial charge in [0.05, 0.1) is 6.61 Å². The van der Waals surface area contributed by atoms with Crippen LogP contribution in [0.3, 0.4) is 0 Å². The Morgan fingerprint density at radius 3 is 3.15 bits per heavy atom. The second kappa shape index (κ2) is 4.81. The maximum atomic E-state index is 5.86. The first-order valence-corrected chi connectivity index (χ1v) is 7.81. The quantitative estimate of drug-likeness (QED) is 0.895. The van der Waals surface area contributed by atoms with Crippen LogP contribution in [0.2, 0.25) is 0 Å². The summed E-state index contributed by atoms with van der Waals surface area (Å²) in [6, 6.07) is 2.98. The van der Waals surface area contributed by atoms with E-state index < -0.39 is 0 Å². The number of hydrogen-bond acceptors (Lipinski definition) is 2. The first-order valence-electron chi connectivity index (χ1n) is 7.81. The molecule has 1 aliphatic heterocycles. The van der Waals surface area contributed by atoms with Gasteiger partial charge in [-0.1, -0.05) is 0 Å². The van der Waals surface area contributed by atoms with Crippen LogP contribution in [0.15, 0.2) is 12.3 Å². The van der Waals surface area contributed by atoms with Crippen molar-refractivity contribution >= 4 is 10.9 Å². The van der Waals surface area contributed by atoms with Crippen molar-refractivity contribution in [2.24, 2.45) is 0 Å². The molecule has 1 aliphatic carbocycles. The molecule has 0 spiro atoms. The van der Waals surface area contributed by atoms with Gasteiger partial charge < -0.3 is 15.0 Å². The Kier molecular flexibility index (Phi) is 2.95. The highest BCUT2D eigenvalue weighted by Gasteiger charge is 2.21. The monoisotopic (exact) mass is 270 g/mol. The van der Waals surface area contributed by atoms with Crippen LogP contribution in [0.4, 0.5) is 0 Å². The lowest BCUT2D eigenvalue weighted by Gasteiger charge is -2.19. The topological polar surface area (TPSA) is 37.0 Å². The lowest BCUT2D eigenvalue weighted by molar-refractivity contribution is 0.289. The molecule has 4 rings (SSSR count). The molecule has 1 aromatic heterocycles. The maximum Gasteiger partial charge on any atom is 0.123 e. The predicted octanol–water partition coefficient (Wildman–Crippen LogP) is 3.10. The summed E-state index contributed by atoms with van der Waals surface area (Å²) in [5.74, 6) is 1.11. The second-order valence-electron chi connectivity index (χ2n) is 6.16. The molecule has 1 saturated carbocycles. The number of aryl methyl sites for hydroxylation is 2. The fourth-order valence-electron chi connectivity index (χ4n) is 3.30. The van der Waals surface area contributed by atoms with Crippen molar-refractivity contribution in [3.05, 3.63) is 29.0 Å². The van der Waals surface area contributed by atoms with Gasteiger partial charge in [0, 0.05) is 28.7 Å². The van der Waals surface area contributed by atoms with Crippen molar-refractivity contribution in [2.45, 2.75) is 45.1 Å². The maximum absolute atomic E-state index is 5.86. The van der Waals surface area contributed by atoms with E-state index in [2.05, 4.69) is 29.5 Å². The van der Waals surface area contributed by atoms with Crippen LogP contribution in [0.1, 0.15) is 36.0 Å². The number of nitrogens with one attached hydrogen (secondary N) is 2. The zero-order chi connectivity index (χ0) is 13.5. The first-order chi connectivity index (χ1) is 9.83. The third kappa shape index (κ3) is 2.10. The van der Waals surface area contributed by atoms with E-state index >= 15 is 0 Å². The van der Waals surface area contributed by atoms with Gasteiger partial charge in [-0.3, -0.25) is 0 Å². The van der Waals surface area contributed by atoms with E-state index in [9.17, 15) is 0 Å². The molecule has 0 radical (unpaired) electrons. The molecule has 2 aromatic rings. The van der Waals surface area contributed by atoms with Crippen LogP contribution in [0.5, 0.6) is 5.75 Å². The third-order valence-electron chi connectivity index (χ3n) is 4.54. The van der Waals surface area contributed by atoms with Crippen molar-refractivity contribution in [1.29, 1.82) is 0 Å². The van der Waals surface area contributed by atoms with Crippen LogP contribution >= 0.6 is 0 Å². The number of rotatable bonds is 4. The summed E-state index contributed by atoms with van der Waals surface area (Å²) < 4.78 is 5.86. The summed E-state index contributed by atoms with van der Waals surface area (Å²) >= 11 is 0. The van der Waals surface area contributed by atoms with E-state index in [1.165, 1.54) is 40.4 Å². The molecule has 0 saturated heterocycles. The Labute approximate surface area is 119 Å². The Morgan fingerprint density at radius 1 is 1.40 bits per heavy atom. The normalized spacial score (nSPS) is 18.1. The molecule has 2 aliphatic rings. The van der Waals surface area contributed by atoms with Gasteiger partial charge in [0.2, 0.25) is 0 Å². The van der Waals surface area contributed by atoms with Gasteiger partial charge in [0.15, 0.2) is 0 Å². The lowest BCUT2D eigenvalue weighted by atomic mass is 9.96. The fraction of sp³-hybridized carbons (Fsp3) is 0.529. The molecule has 0 amide bonds. The van der Waals surface area contributed by atoms with Gasteiger partial charge >= 0.3 is 0 Å². The average molecular weight is 270 g/mol. The average Bonchev–Trinajstić information content (AvgIpc) is 3.17. The zero-order valence-corrected chi connectivity index (χ0v) is 12.1. The van der Waals surface area contributed by atoms with Gasteiger partial charge in [-0.25, -0.2) is 0 Å². The summed E-state index contributed by atoms with van der Waals surface area (Å²) in [7, 11) is 0. The third-order valence-corrected chi connectivity index (χ3v) is 4.54. The SMILES string of the molecule is Cc1cc2c(c3c(CCNC4CC4)c[nH]c13)CCCO2. The summed E-state index contributed by atoms with van der Waals surface area (Å²) in [6.07, 6.45) is 8.29. The van der Waals surface area contributed by atoms with Crippen LogP contribution in [-0.4, -0.2) is 24.2 Å². The minimum atomic E-state index is 0.791. The predicted molar refractivity (Wildman–Crippen MR) is 81.6 cm³/mol. The van der Waals surface area contributed by atoms with Crippen LogP contribution in [-0.2, 0) is 12.8 Å². The van der Waals surface area contributed by atoms with Crippen LogP contribution in [0, 0.1) is 6.92 Å². The minimum Gasteiger partial charge on any atom is -0.493 e. The number of aromatic amines is 1. The van der Waals surface area contributed by atoms with E-state index in [0.717, 1.165) is 44.2 Å². The minimum absolute atomic E-state index is 0.791. The van der Waals surface area contributed by atoms with Gasteiger partial charge in [0.25, 0.3) is 0 Å². The number of ether oxygens (including phenoxy) is 1. The second-order valence-corrected chi connectivity index (χ2v) is 6.16. The molecular weight excluding hydrogens is 248 g/mol. The molecule has 3 nitrogen and oxygen atoms in total. The molecule has 1 aromatic carbocycles. The van der Waals surface area contributed by atoms with E-state index in [1.54, 1.807) is 0 Å². The van der Waals surface area contributed by atoms with Crippen molar-refractivity contribution in [2.75, 3.05) is 13.2 Å². The summed E-state index contributed by atoms with van der Waals surface area (Å²) in [5, 5.41) is 5.04. The highest BCUT2D eigenvalue weighted by Crippen LogP contribution is 2.36. The van der Waals surface area contributed by atoms with E-state index in [1.807, 2.05) is 0 Å². The molecule has 20 heavy (non-hydrogen) atoms. The number of hydrogen-bond donors (Lipinski definition) is 2. The summed E-state index contributed by atoms with van der Waals surface area (Å²) in [5.41, 5.74) is 5.45. The van der Waals surface area contributed by atoms with Crippen molar-refractivity contribution in [3.63, 3.8) is 0 Å². The number of benzene rings is 1. The fourth-order valence-corrected chi connectivity index (χ4v) is 3.30. The first kappa shape index (κ1) is 12.3. The Morgan fingerprint density at radius 2 is 2.30 bits per heavy atom. The van der Waals surface area contributed by atoms with Gasteiger partial charge in [-0.05, 0) is 62.8 Å². The smallest absolute Gasteiger partial charge is 0.123 e. The molecule has 1 fully saturated rings. The van der Waals surface area contributed by atoms with Crippen molar-refractivity contribution in [1.82, 2.24) is 10.3 Å². The standard InChI is InChI=1S/C17H22N2O/c1-11-9-15-14(3-2-8-20-15)16-12(10-19-17(11)16)6-7-18-13-4-5-13/h9-10,13,18-19H,2-8H2,1H3. The van der Waals surface area contributed by atoms with E-state index in [-0.39, 0.29) is 0 Å². The highest BCUT2D eigenvalue weighted by atomic mass is 16.5. The van der Waals surface area contributed by atoms with Crippen molar-refractivity contribution in [3.8, 4) is 5.75 Å². The Hall–Kier alpha value is -1.48. The Balaban J connectivity index is 1.70. The Bertz CT molecular complexity index is 640. The van der Waals surface area contributed by atoms with E-state index in [4.69, 9.17) is 4.74 Å². The molecule has 2 N–H and O–H groups in total. The molecule has 3 heteroatoms. The van der Waals surface area contributed by atoms with Gasteiger partial charge in [-0.2, -0.15) is 0 Å². The highest BCUT2D eigenvalue weighted by molar-refractivity contribution is 5.91. The number of fused-ring (bicyclic) bond motifs is 3. The zero-order valence-electron chi connectivity index (χ0n) is 12.1. The van der Waals surface area contributed by atoms with Crippen molar-refractivity contribution < 1.29 is 4.74 Å². The van der Waals surface area contributed by atoms with Gasteiger partial charge in [-0.15, -0.1) is 0 Å². The summed E-state index contributed by atoms with van der Waals surface area (Å²) in [4.78, 5) is 3.48.